The molecule has 0 spiro atoms. The van der Waals surface area contributed by atoms with Gasteiger partial charge in [-0.25, -0.2) is 9.59 Å². The first-order valence-corrected chi connectivity index (χ1v) is 10.7. The first-order valence-electron chi connectivity index (χ1n) is 10.7. The third-order valence-corrected chi connectivity index (χ3v) is 6.07. The maximum Gasteiger partial charge on any atom is 0.407 e. The topological polar surface area (TPSA) is 116 Å². The molecule has 2 aromatic carbocycles. The van der Waals surface area contributed by atoms with Gasteiger partial charge in [-0.05, 0) is 29.2 Å². The second-order valence-electron chi connectivity index (χ2n) is 8.36. The minimum absolute atomic E-state index is 0.00919. The van der Waals surface area contributed by atoms with Gasteiger partial charge in [-0.3, -0.25) is 4.79 Å². The van der Waals surface area contributed by atoms with E-state index in [-0.39, 0.29) is 31.9 Å². The lowest BCUT2D eigenvalue weighted by molar-refractivity contribution is -0.148. The molecule has 1 fully saturated rings. The number of carboxylic acid groups (broad SMARTS) is 1. The van der Waals surface area contributed by atoms with Gasteiger partial charge in [0.1, 0.15) is 12.6 Å². The number of ether oxygens (including phenoxy) is 1. The van der Waals surface area contributed by atoms with E-state index in [1.54, 1.807) is 6.92 Å². The van der Waals surface area contributed by atoms with Crippen molar-refractivity contribution < 1.29 is 29.3 Å². The fraction of sp³-hybridized carbons (Fsp3) is 0.375. The molecule has 1 unspecified atom stereocenters. The lowest BCUT2D eigenvalue weighted by Crippen LogP contribution is -2.44. The number of hydrogen-bond acceptors (Lipinski definition) is 5. The highest BCUT2D eigenvalue weighted by atomic mass is 16.5. The Labute approximate surface area is 185 Å². The van der Waals surface area contributed by atoms with Crippen LogP contribution < -0.4 is 5.32 Å². The van der Waals surface area contributed by atoms with E-state index < -0.39 is 36.2 Å². The lowest BCUT2D eigenvalue weighted by atomic mass is 9.98. The number of carboxylic acids is 1. The first kappa shape index (κ1) is 21.8. The van der Waals surface area contributed by atoms with Crippen LogP contribution in [-0.2, 0) is 14.3 Å². The van der Waals surface area contributed by atoms with Crippen molar-refractivity contribution in [1.29, 1.82) is 0 Å². The lowest BCUT2D eigenvalue weighted by Gasteiger charge is -2.23. The van der Waals surface area contributed by atoms with Crippen LogP contribution in [0.15, 0.2) is 48.5 Å². The zero-order valence-electron chi connectivity index (χ0n) is 17.7. The summed E-state index contributed by atoms with van der Waals surface area (Å²) in [5.41, 5.74) is 4.49. The number of nitrogens with zero attached hydrogens (tertiary/aromatic N) is 1. The van der Waals surface area contributed by atoms with E-state index in [4.69, 9.17) is 4.74 Å². The van der Waals surface area contributed by atoms with E-state index in [0.717, 1.165) is 27.2 Å². The molecular formula is C24H26N2O6. The molecule has 3 atom stereocenters. The van der Waals surface area contributed by atoms with E-state index in [1.165, 1.54) is 0 Å². The number of rotatable bonds is 6. The van der Waals surface area contributed by atoms with Crippen molar-refractivity contribution >= 4 is 18.0 Å². The Kier molecular flexibility index (Phi) is 6.14. The molecule has 168 valence electrons. The second-order valence-corrected chi connectivity index (χ2v) is 8.36. The quantitative estimate of drug-likeness (QED) is 0.638. The molecule has 2 amide bonds. The monoisotopic (exact) mass is 438 g/mol. The number of carbonyl (C=O) groups excluding carboxylic acids is 2. The summed E-state index contributed by atoms with van der Waals surface area (Å²) < 4.78 is 5.48. The van der Waals surface area contributed by atoms with Gasteiger partial charge in [0, 0.05) is 31.3 Å². The largest absolute Gasteiger partial charge is 0.480 e. The van der Waals surface area contributed by atoms with Crippen LogP contribution in [0.1, 0.15) is 36.8 Å². The molecule has 4 rings (SSSR count). The summed E-state index contributed by atoms with van der Waals surface area (Å²) in [6.45, 7) is 1.80. The maximum absolute atomic E-state index is 12.5. The Bertz CT molecular complexity index is 993. The van der Waals surface area contributed by atoms with Gasteiger partial charge in [-0.1, -0.05) is 48.5 Å². The number of aliphatic carboxylic acids is 1. The van der Waals surface area contributed by atoms with Crippen LogP contribution in [0.25, 0.3) is 11.1 Å². The molecule has 8 heteroatoms. The van der Waals surface area contributed by atoms with Crippen LogP contribution in [0, 0.1) is 0 Å². The highest BCUT2D eigenvalue weighted by molar-refractivity contribution is 5.85. The molecule has 1 aliphatic heterocycles. The van der Waals surface area contributed by atoms with Gasteiger partial charge in [0.25, 0.3) is 0 Å². The maximum atomic E-state index is 12.5. The summed E-state index contributed by atoms with van der Waals surface area (Å²) in [4.78, 5) is 37.3. The Morgan fingerprint density at radius 2 is 1.69 bits per heavy atom. The summed E-state index contributed by atoms with van der Waals surface area (Å²) in [6.07, 6.45) is -1.57. The average molecular weight is 438 g/mol. The predicted octanol–water partition coefficient (Wildman–Crippen LogP) is 2.35. The van der Waals surface area contributed by atoms with E-state index in [1.807, 2.05) is 36.4 Å². The summed E-state index contributed by atoms with van der Waals surface area (Å²) in [5.74, 6) is -1.64. The van der Waals surface area contributed by atoms with Gasteiger partial charge in [0.2, 0.25) is 5.91 Å². The van der Waals surface area contributed by atoms with Gasteiger partial charge < -0.3 is 25.2 Å². The number of β-amino-alcohol motifs (C(OH)–C–C–N with tert-alkyl or cyclic N) is 1. The minimum atomic E-state index is -1.15. The smallest absolute Gasteiger partial charge is 0.407 e. The van der Waals surface area contributed by atoms with Crippen molar-refractivity contribution in [2.24, 2.45) is 0 Å². The van der Waals surface area contributed by atoms with Gasteiger partial charge in [0.15, 0.2) is 0 Å². The van der Waals surface area contributed by atoms with Gasteiger partial charge in [-0.15, -0.1) is 0 Å². The molecule has 3 N–H and O–H groups in total. The molecule has 1 aliphatic carbocycles. The van der Waals surface area contributed by atoms with Crippen molar-refractivity contribution in [2.75, 3.05) is 13.2 Å². The number of fused-ring (bicyclic) bond motifs is 3. The van der Waals surface area contributed by atoms with Crippen LogP contribution >= 0.6 is 0 Å². The van der Waals surface area contributed by atoms with Crippen molar-refractivity contribution in [3.05, 3.63) is 59.7 Å². The SMILES string of the molecule is CC(CC(=O)N1C[C@@H](O)C[C@H]1C(=O)O)NC(=O)OCC1c2ccccc2-c2ccccc21. The highest BCUT2D eigenvalue weighted by Gasteiger charge is 2.39. The molecule has 32 heavy (non-hydrogen) atoms. The Morgan fingerprint density at radius 1 is 1.09 bits per heavy atom. The number of hydrogen-bond donors (Lipinski definition) is 3. The Hall–Kier alpha value is -3.39. The third-order valence-electron chi connectivity index (χ3n) is 6.07. The van der Waals surface area contributed by atoms with Crippen LogP contribution in [0.3, 0.4) is 0 Å². The molecule has 0 bridgehead atoms. The molecule has 2 aromatic rings. The molecule has 8 nitrogen and oxygen atoms in total. The van der Waals surface area contributed by atoms with Gasteiger partial charge in [-0.2, -0.15) is 0 Å². The summed E-state index contributed by atoms with van der Waals surface area (Å²) in [6, 6.07) is 14.5. The van der Waals surface area contributed by atoms with Crippen LogP contribution in [0.4, 0.5) is 4.79 Å². The third kappa shape index (κ3) is 4.31. The summed E-state index contributed by atoms with van der Waals surface area (Å²) in [5, 5.41) is 21.6. The molecule has 2 aliphatic rings. The minimum Gasteiger partial charge on any atom is -0.480 e. The number of alkyl carbamates (subject to hydrolysis) is 1. The van der Waals surface area contributed by atoms with Crippen LogP contribution in [0.2, 0.25) is 0 Å². The normalized spacial score (nSPS) is 20.4. The molecule has 0 saturated carbocycles. The highest BCUT2D eigenvalue weighted by Crippen LogP contribution is 2.44. The summed E-state index contributed by atoms with van der Waals surface area (Å²) in [7, 11) is 0. The van der Waals surface area contributed by atoms with Crippen molar-refractivity contribution in [2.45, 2.75) is 43.9 Å². The second kappa shape index (κ2) is 9.00. The predicted molar refractivity (Wildman–Crippen MR) is 116 cm³/mol. The van der Waals surface area contributed by atoms with Crippen molar-refractivity contribution in [3.63, 3.8) is 0 Å². The first-order chi connectivity index (χ1) is 15.3. The standard InChI is InChI=1S/C24H26N2O6/c1-14(10-22(28)26-12-15(27)11-21(26)23(29)30)25-24(31)32-13-20-18-8-4-2-6-16(18)17-7-3-5-9-19(17)20/h2-9,14-15,20-21,27H,10-13H2,1H3,(H,25,31)(H,29,30)/t14?,15-,21-/m0/s1. The van der Waals surface area contributed by atoms with Gasteiger partial charge >= 0.3 is 12.1 Å². The number of benzene rings is 2. The molecular weight excluding hydrogens is 412 g/mol. The molecule has 1 heterocycles. The molecule has 1 saturated heterocycles. The molecule has 0 radical (unpaired) electrons. The number of amides is 2. The van der Waals surface area contributed by atoms with Gasteiger partial charge in [0.05, 0.1) is 6.10 Å². The number of aliphatic hydroxyl groups excluding tert-OH is 1. The number of likely N-dealkylation sites (tertiary alicyclic amines) is 1. The fourth-order valence-electron chi connectivity index (χ4n) is 4.60. The van der Waals surface area contributed by atoms with Crippen LogP contribution in [0.5, 0.6) is 0 Å². The molecule has 0 aromatic heterocycles. The van der Waals surface area contributed by atoms with E-state index in [0.29, 0.717) is 0 Å². The fourth-order valence-corrected chi connectivity index (χ4v) is 4.60. The van der Waals surface area contributed by atoms with E-state index in [2.05, 4.69) is 17.4 Å². The van der Waals surface area contributed by atoms with E-state index >= 15 is 0 Å². The van der Waals surface area contributed by atoms with Crippen molar-refractivity contribution in [1.82, 2.24) is 10.2 Å². The Morgan fingerprint density at radius 3 is 2.28 bits per heavy atom. The van der Waals surface area contributed by atoms with E-state index in [9.17, 15) is 24.6 Å². The zero-order chi connectivity index (χ0) is 22.8. The zero-order valence-corrected chi connectivity index (χ0v) is 17.7. The average Bonchev–Trinajstić information content (AvgIpc) is 3.31. The summed E-state index contributed by atoms with van der Waals surface area (Å²) >= 11 is 0. The number of nitrogens with one attached hydrogen (secondary N) is 1. The Balaban J connectivity index is 1.33. The van der Waals surface area contributed by atoms with Crippen LogP contribution in [-0.4, -0.2) is 64.4 Å². The number of carbonyl (C=O) groups is 3. The number of aliphatic hydroxyl groups is 1. The van der Waals surface area contributed by atoms with Crippen molar-refractivity contribution in [3.8, 4) is 11.1 Å².